The smallest absolute Gasteiger partial charge is 0.246 e. The number of rotatable bonds is 4. The van der Waals surface area contributed by atoms with Gasteiger partial charge in [-0.1, -0.05) is 13.8 Å². The summed E-state index contributed by atoms with van der Waals surface area (Å²) < 4.78 is 0.889. The zero-order valence-corrected chi connectivity index (χ0v) is 14.1. The Kier molecular flexibility index (Phi) is 4.98. The number of carbonyl (C=O) groups is 2. The maximum atomic E-state index is 12.6. The van der Waals surface area contributed by atoms with Crippen LogP contribution in [0, 0.1) is 5.92 Å². The fourth-order valence-electron chi connectivity index (χ4n) is 2.41. The van der Waals surface area contributed by atoms with Crippen LogP contribution < -0.4 is 5.32 Å². The van der Waals surface area contributed by atoms with Crippen molar-refractivity contribution in [1.29, 1.82) is 0 Å². The molecule has 1 aromatic heterocycles. The molecule has 1 aromatic rings. The minimum absolute atomic E-state index is 0.0273. The molecule has 6 heteroatoms. The van der Waals surface area contributed by atoms with E-state index < -0.39 is 12.1 Å². The summed E-state index contributed by atoms with van der Waals surface area (Å²) in [5, 5.41) is 2.81. The maximum absolute atomic E-state index is 12.6. The van der Waals surface area contributed by atoms with E-state index in [1.54, 1.807) is 18.0 Å². The van der Waals surface area contributed by atoms with Crippen molar-refractivity contribution in [2.75, 3.05) is 0 Å². The van der Waals surface area contributed by atoms with Crippen molar-refractivity contribution in [3.05, 3.63) is 28.5 Å². The Hall–Kier alpha value is -1.43. The predicted octanol–water partition coefficient (Wildman–Crippen LogP) is 2.11. The van der Waals surface area contributed by atoms with E-state index in [-0.39, 0.29) is 11.8 Å². The van der Waals surface area contributed by atoms with Gasteiger partial charge in [0.25, 0.3) is 0 Å². The van der Waals surface area contributed by atoms with Gasteiger partial charge in [-0.2, -0.15) is 0 Å². The lowest BCUT2D eigenvalue weighted by atomic mass is 9.99. The van der Waals surface area contributed by atoms with Gasteiger partial charge >= 0.3 is 0 Å². The number of hydrogen-bond donors (Lipinski definition) is 1. The van der Waals surface area contributed by atoms with Crippen LogP contribution in [0.25, 0.3) is 0 Å². The molecule has 0 bridgehead atoms. The fraction of sp³-hybridized carbons (Fsp3) is 0.533. The van der Waals surface area contributed by atoms with Crippen molar-refractivity contribution in [1.82, 2.24) is 15.2 Å². The molecule has 2 unspecified atom stereocenters. The second kappa shape index (κ2) is 6.56. The first-order chi connectivity index (χ1) is 9.88. The van der Waals surface area contributed by atoms with Crippen molar-refractivity contribution in [2.24, 2.45) is 5.92 Å². The Balaban J connectivity index is 2.16. The highest BCUT2D eigenvalue weighted by molar-refractivity contribution is 9.10. The largest absolute Gasteiger partial charge is 0.343 e. The zero-order chi connectivity index (χ0) is 15.6. The van der Waals surface area contributed by atoms with Crippen molar-refractivity contribution in [3.8, 4) is 0 Å². The number of hydrogen-bond acceptors (Lipinski definition) is 3. The number of amides is 2. The van der Waals surface area contributed by atoms with Crippen molar-refractivity contribution in [3.63, 3.8) is 0 Å². The molecule has 0 aliphatic carbocycles. The fourth-order valence-corrected chi connectivity index (χ4v) is 2.64. The van der Waals surface area contributed by atoms with Crippen LogP contribution in [0.5, 0.6) is 0 Å². The summed E-state index contributed by atoms with van der Waals surface area (Å²) in [7, 11) is 0. The third-order valence-corrected chi connectivity index (χ3v) is 4.04. The summed E-state index contributed by atoms with van der Waals surface area (Å²) in [6.45, 7) is 6.18. The molecule has 1 aliphatic rings. The molecular weight excluding hydrogens is 334 g/mol. The Morgan fingerprint density at radius 1 is 1.38 bits per heavy atom. The quantitative estimate of drug-likeness (QED) is 0.901. The second-order valence-electron chi connectivity index (χ2n) is 5.80. The lowest BCUT2D eigenvalue weighted by molar-refractivity contribution is -0.149. The Labute approximate surface area is 133 Å². The lowest BCUT2D eigenvalue weighted by Crippen LogP contribution is -2.62. The standard InChI is InChI=1S/C15H20BrN3O2/c1-9(2)6-13-15(21)19(10(3)14(20)18-13)8-12-5-4-11(16)7-17-12/h4-5,7,9-10,13H,6,8H2,1-3H3,(H,18,20). The summed E-state index contributed by atoms with van der Waals surface area (Å²) >= 11 is 3.33. The van der Waals surface area contributed by atoms with Crippen molar-refractivity contribution < 1.29 is 9.59 Å². The number of carbonyl (C=O) groups excluding carboxylic acids is 2. The molecule has 5 nitrogen and oxygen atoms in total. The van der Waals surface area contributed by atoms with Gasteiger partial charge in [0.1, 0.15) is 12.1 Å². The topological polar surface area (TPSA) is 62.3 Å². The molecular formula is C15H20BrN3O2. The molecule has 2 amide bonds. The van der Waals surface area contributed by atoms with E-state index in [2.05, 4.69) is 26.2 Å². The highest BCUT2D eigenvalue weighted by Crippen LogP contribution is 2.18. The summed E-state index contributed by atoms with van der Waals surface area (Å²) in [5.41, 5.74) is 0.774. The van der Waals surface area contributed by atoms with E-state index in [9.17, 15) is 9.59 Å². The molecule has 1 aliphatic heterocycles. The second-order valence-corrected chi connectivity index (χ2v) is 6.72. The number of aromatic nitrogens is 1. The Morgan fingerprint density at radius 2 is 2.10 bits per heavy atom. The minimum Gasteiger partial charge on any atom is -0.343 e. The first kappa shape index (κ1) is 15.9. The summed E-state index contributed by atoms with van der Waals surface area (Å²) in [4.78, 5) is 30.5. The van der Waals surface area contributed by atoms with Gasteiger partial charge < -0.3 is 10.2 Å². The van der Waals surface area contributed by atoms with Gasteiger partial charge in [-0.3, -0.25) is 14.6 Å². The molecule has 0 aromatic carbocycles. The van der Waals surface area contributed by atoms with Crippen LogP contribution in [0.3, 0.4) is 0 Å². The van der Waals surface area contributed by atoms with E-state index in [1.165, 1.54) is 0 Å². The van der Waals surface area contributed by atoms with Crippen LogP contribution >= 0.6 is 15.9 Å². The molecule has 0 radical (unpaired) electrons. The zero-order valence-electron chi connectivity index (χ0n) is 12.5. The Morgan fingerprint density at radius 3 is 2.67 bits per heavy atom. The van der Waals surface area contributed by atoms with Gasteiger partial charge in [-0.25, -0.2) is 0 Å². The monoisotopic (exact) mass is 353 g/mol. The minimum atomic E-state index is -0.466. The highest BCUT2D eigenvalue weighted by Gasteiger charge is 2.38. The number of halogens is 1. The van der Waals surface area contributed by atoms with Gasteiger partial charge in [0.05, 0.1) is 12.2 Å². The van der Waals surface area contributed by atoms with Gasteiger partial charge in [0.2, 0.25) is 11.8 Å². The first-order valence-electron chi connectivity index (χ1n) is 7.09. The van der Waals surface area contributed by atoms with Crippen LogP contribution in [0.4, 0.5) is 0 Å². The van der Waals surface area contributed by atoms with Crippen LogP contribution in [-0.2, 0) is 16.1 Å². The third kappa shape index (κ3) is 3.81. The first-order valence-corrected chi connectivity index (χ1v) is 7.89. The highest BCUT2D eigenvalue weighted by atomic mass is 79.9. The normalized spacial score (nSPS) is 22.6. The molecule has 1 N–H and O–H groups in total. The van der Waals surface area contributed by atoms with Crippen LogP contribution in [0.15, 0.2) is 22.8 Å². The number of nitrogens with one attached hydrogen (secondary N) is 1. The van der Waals surface area contributed by atoms with Gasteiger partial charge in [-0.05, 0) is 47.3 Å². The SMILES string of the molecule is CC(C)CC1NC(=O)C(C)N(Cc2ccc(Br)cn2)C1=O. The van der Waals surface area contributed by atoms with E-state index >= 15 is 0 Å². The summed E-state index contributed by atoms with van der Waals surface area (Å²) in [6, 6.07) is 2.84. The molecule has 114 valence electrons. The number of nitrogens with zero attached hydrogens (tertiary/aromatic N) is 2. The molecule has 2 heterocycles. The van der Waals surface area contributed by atoms with Crippen molar-refractivity contribution >= 4 is 27.7 Å². The number of pyridine rings is 1. The van der Waals surface area contributed by atoms with Gasteiger partial charge in [0, 0.05) is 10.7 Å². The van der Waals surface area contributed by atoms with Crippen LogP contribution in [-0.4, -0.2) is 33.8 Å². The molecule has 1 saturated heterocycles. The van der Waals surface area contributed by atoms with Gasteiger partial charge in [-0.15, -0.1) is 0 Å². The molecule has 0 spiro atoms. The van der Waals surface area contributed by atoms with E-state index in [0.717, 1.165) is 10.2 Å². The van der Waals surface area contributed by atoms with Crippen LogP contribution in [0.2, 0.25) is 0 Å². The molecule has 1 fully saturated rings. The lowest BCUT2D eigenvalue weighted by Gasteiger charge is -2.37. The summed E-state index contributed by atoms with van der Waals surface area (Å²) in [6.07, 6.45) is 2.35. The predicted molar refractivity (Wildman–Crippen MR) is 83.3 cm³/mol. The van der Waals surface area contributed by atoms with E-state index in [1.807, 2.05) is 26.0 Å². The average Bonchev–Trinajstić information content (AvgIpc) is 2.42. The van der Waals surface area contributed by atoms with Crippen molar-refractivity contribution in [2.45, 2.75) is 45.8 Å². The number of piperazine rings is 1. The van der Waals surface area contributed by atoms with Crippen LogP contribution in [0.1, 0.15) is 32.9 Å². The van der Waals surface area contributed by atoms with E-state index in [0.29, 0.717) is 18.9 Å². The molecule has 0 saturated carbocycles. The Bertz CT molecular complexity index is 530. The molecule has 2 rings (SSSR count). The molecule has 2 atom stereocenters. The maximum Gasteiger partial charge on any atom is 0.246 e. The molecule has 21 heavy (non-hydrogen) atoms. The average molecular weight is 354 g/mol. The van der Waals surface area contributed by atoms with E-state index in [4.69, 9.17) is 0 Å². The third-order valence-electron chi connectivity index (χ3n) is 3.57. The van der Waals surface area contributed by atoms with Gasteiger partial charge in [0.15, 0.2) is 0 Å². The summed E-state index contributed by atoms with van der Waals surface area (Å²) in [5.74, 6) is 0.221.